The average Bonchev–Trinajstić information content (AvgIpc) is 2.14. The van der Waals surface area contributed by atoms with Crippen molar-refractivity contribution >= 4 is 0 Å². The minimum Gasteiger partial charge on any atom is -0.316 e. The Balaban J connectivity index is 1.94. The molecule has 2 nitrogen and oxygen atoms in total. The summed E-state index contributed by atoms with van der Waals surface area (Å²) in [7, 11) is 0. The Morgan fingerprint density at radius 2 is 2.50 bits per heavy atom. The average molecular weight is 168 g/mol. The van der Waals surface area contributed by atoms with E-state index in [-0.39, 0.29) is 0 Å². The van der Waals surface area contributed by atoms with Gasteiger partial charge in [0, 0.05) is 6.54 Å². The highest BCUT2D eigenvalue weighted by Crippen LogP contribution is 2.12. The van der Waals surface area contributed by atoms with Crippen LogP contribution in [0.25, 0.3) is 0 Å². The first-order valence-corrected chi connectivity index (χ1v) is 4.96. The van der Waals surface area contributed by atoms with E-state index in [0.29, 0.717) is 0 Å². The van der Waals surface area contributed by atoms with E-state index in [2.05, 4.69) is 17.2 Å². The van der Waals surface area contributed by atoms with Crippen LogP contribution in [0.4, 0.5) is 0 Å². The van der Waals surface area contributed by atoms with Crippen molar-refractivity contribution in [2.75, 3.05) is 26.2 Å². The molecule has 1 aliphatic rings. The number of hydrogen-bond donors (Lipinski definition) is 2. The van der Waals surface area contributed by atoms with Gasteiger partial charge >= 0.3 is 0 Å². The summed E-state index contributed by atoms with van der Waals surface area (Å²) in [6.45, 7) is 8.19. The van der Waals surface area contributed by atoms with Crippen molar-refractivity contribution < 1.29 is 0 Å². The lowest BCUT2D eigenvalue weighted by atomic mass is 9.96. The third-order valence-electron chi connectivity index (χ3n) is 2.42. The van der Waals surface area contributed by atoms with Crippen molar-refractivity contribution in [1.29, 1.82) is 0 Å². The van der Waals surface area contributed by atoms with Crippen molar-refractivity contribution in [2.45, 2.75) is 19.3 Å². The van der Waals surface area contributed by atoms with Crippen molar-refractivity contribution in [3.05, 3.63) is 12.7 Å². The van der Waals surface area contributed by atoms with E-state index in [9.17, 15) is 0 Å². The molecule has 1 aliphatic heterocycles. The molecule has 0 aromatic heterocycles. The number of piperidine rings is 1. The maximum Gasteiger partial charge on any atom is 0.0132 e. The second-order valence-electron chi connectivity index (χ2n) is 3.49. The molecular weight excluding hydrogens is 148 g/mol. The molecule has 2 N–H and O–H groups in total. The van der Waals surface area contributed by atoms with Crippen LogP contribution in [0.3, 0.4) is 0 Å². The van der Waals surface area contributed by atoms with Crippen LogP contribution in [0.2, 0.25) is 0 Å². The molecule has 1 saturated heterocycles. The lowest BCUT2D eigenvalue weighted by molar-refractivity contribution is 0.354. The largest absolute Gasteiger partial charge is 0.316 e. The molecule has 1 heterocycles. The van der Waals surface area contributed by atoms with Gasteiger partial charge < -0.3 is 10.6 Å². The van der Waals surface area contributed by atoms with Crippen LogP contribution in [0, 0.1) is 5.92 Å². The van der Waals surface area contributed by atoms with E-state index in [1.807, 2.05) is 6.08 Å². The Kier molecular flexibility index (Phi) is 5.04. The highest BCUT2D eigenvalue weighted by atomic mass is 14.9. The molecule has 0 aromatic rings. The number of hydrogen-bond acceptors (Lipinski definition) is 2. The van der Waals surface area contributed by atoms with Crippen molar-refractivity contribution in [2.24, 2.45) is 5.92 Å². The Morgan fingerprint density at radius 3 is 3.17 bits per heavy atom. The molecule has 2 heteroatoms. The minimum atomic E-state index is 0.899. The zero-order valence-electron chi connectivity index (χ0n) is 7.81. The Bertz CT molecular complexity index is 117. The molecule has 0 saturated carbocycles. The molecule has 1 rings (SSSR count). The van der Waals surface area contributed by atoms with E-state index < -0.39 is 0 Å². The Labute approximate surface area is 75.4 Å². The van der Waals surface area contributed by atoms with Gasteiger partial charge in [-0.05, 0) is 44.8 Å². The summed E-state index contributed by atoms with van der Waals surface area (Å²) >= 11 is 0. The van der Waals surface area contributed by atoms with Crippen molar-refractivity contribution in [3.63, 3.8) is 0 Å². The minimum absolute atomic E-state index is 0.899. The molecule has 0 radical (unpaired) electrons. The summed E-state index contributed by atoms with van der Waals surface area (Å²) in [6, 6.07) is 0. The fraction of sp³-hybridized carbons (Fsp3) is 0.800. The Morgan fingerprint density at radius 1 is 1.58 bits per heavy atom. The summed E-state index contributed by atoms with van der Waals surface area (Å²) in [5, 5.41) is 6.76. The quantitative estimate of drug-likeness (QED) is 0.475. The summed E-state index contributed by atoms with van der Waals surface area (Å²) < 4.78 is 0. The lowest BCUT2D eigenvalue weighted by Crippen LogP contribution is -2.31. The first kappa shape index (κ1) is 9.75. The van der Waals surface area contributed by atoms with Gasteiger partial charge in [-0.25, -0.2) is 0 Å². The van der Waals surface area contributed by atoms with Gasteiger partial charge in [-0.3, -0.25) is 0 Å². The van der Waals surface area contributed by atoms with Gasteiger partial charge in [0.05, 0.1) is 0 Å². The Hall–Kier alpha value is -0.340. The second kappa shape index (κ2) is 6.21. The maximum absolute atomic E-state index is 3.67. The van der Waals surface area contributed by atoms with Crippen LogP contribution in [0.1, 0.15) is 19.3 Å². The van der Waals surface area contributed by atoms with Crippen molar-refractivity contribution in [3.8, 4) is 0 Å². The SMILES string of the molecule is C=CCNCCC1CCCNC1. The molecular formula is C10H20N2. The molecule has 1 unspecified atom stereocenters. The molecule has 70 valence electrons. The van der Waals surface area contributed by atoms with E-state index in [1.54, 1.807) is 0 Å². The molecule has 0 aromatic carbocycles. The maximum atomic E-state index is 3.67. The third kappa shape index (κ3) is 3.88. The van der Waals surface area contributed by atoms with Crippen LogP contribution in [0.5, 0.6) is 0 Å². The highest BCUT2D eigenvalue weighted by Gasteiger charge is 2.11. The normalized spacial score (nSPS) is 23.8. The highest BCUT2D eigenvalue weighted by molar-refractivity contribution is 4.72. The summed E-state index contributed by atoms with van der Waals surface area (Å²) in [5.74, 6) is 0.899. The second-order valence-corrected chi connectivity index (χ2v) is 3.49. The predicted octanol–water partition coefficient (Wildman–Crippen LogP) is 1.15. The fourth-order valence-electron chi connectivity index (χ4n) is 1.68. The van der Waals surface area contributed by atoms with Gasteiger partial charge in [-0.2, -0.15) is 0 Å². The van der Waals surface area contributed by atoms with Crippen molar-refractivity contribution in [1.82, 2.24) is 10.6 Å². The molecule has 0 bridgehead atoms. The zero-order valence-corrected chi connectivity index (χ0v) is 7.81. The summed E-state index contributed by atoms with van der Waals surface area (Å²) in [5.41, 5.74) is 0. The van der Waals surface area contributed by atoms with E-state index in [0.717, 1.165) is 19.0 Å². The standard InChI is InChI=1S/C10H20N2/c1-2-6-11-8-5-10-4-3-7-12-9-10/h2,10-12H,1,3-9H2. The molecule has 0 amide bonds. The predicted molar refractivity (Wildman–Crippen MR) is 53.3 cm³/mol. The fourth-order valence-corrected chi connectivity index (χ4v) is 1.68. The number of nitrogens with one attached hydrogen (secondary N) is 2. The van der Waals surface area contributed by atoms with Gasteiger partial charge in [0.25, 0.3) is 0 Å². The van der Waals surface area contributed by atoms with Crippen LogP contribution in [-0.2, 0) is 0 Å². The molecule has 1 fully saturated rings. The number of rotatable bonds is 5. The summed E-state index contributed by atoms with van der Waals surface area (Å²) in [4.78, 5) is 0. The van der Waals surface area contributed by atoms with E-state index in [1.165, 1.54) is 32.4 Å². The van der Waals surface area contributed by atoms with Crippen LogP contribution >= 0.6 is 0 Å². The molecule has 12 heavy (non-hydrogen) atoms. The smallest absolute Gasteiger partial charge is 0.0132 e. The first-order chi connectivity index (χ1) is 5.93. The van der Waals surface area contributed by atoms with E-state index in [4.69, 9.17) is 0 Å². The molecule has 0 aliphatic carbocycles. The van der Waals surface area contributed by atoms with Gasteiger partial charge in [-0.15, -0.1) is 6.58 Å². The van der Waals surface area contributed by atoms with Gasteiger partial charge in [0.15, 0.2) is 0 Å². The first-order valence-electron chi connectivity index (χ1n) is 4.96. The third-order valence-corrected chi connectivity index (χ3v) is 2.42. The molecule has 1 atom stereocenters. The van der Waals surface area contributed by atoms with Crippen LogP contribution in [-0.4, -0.2) is 26.2 Å². The lowest BCUT2D eigenvalue weighted by Gasteiger charge is -2.22. The van der Waals surface area contributed by atoms with Crippen LogP contribution < -0.4 is 10.6 Å². The topological polar surface area (TPSA) is 24.1 Å². The zero-order chi connectivity index (χ0) is 8.65. The van der Waals surface area contributed by atoms with E-state index >= 15 is 0 Å². The van der Waals surface area contributed by atoms with Gasteiger partial charge in [0.2, 0.25) is 0 Å². The summed E-state index contributed by atoms with van der Waals surface area (Å²) in [6.07, 6.45) is 5.98. The van der Waals surface area contributed by atoms with Gasteiger partial charge in [-0.1, -0.05) is 6.08 Å². The van der Waals surface area contributed by atoms with Gasteiger partial charge in [0.1, 0.15) is 0 Å². The monoisotopic (exact) mass is 168 g/mol. The van der Waals surface area contributed by atoms with Crippen LogP contribution in [0.15, 0.2) is 12.7 Å². The molecule has 0 spiro atoms.